The molecule has 1 atom stereocenters. The summed E-state index contributed by atoms with van der Waals surface area (Å²) in [5.41, 5.74) is 4.76. The van der Waals surface area contributed by atoms with Gasteiger partial charge in [-0.05, 0) is 20.8 Å². The average Bonchev–Trinajstić information content (AvgIpc) is 1.62. The second-order valence-electron chi connectivity index (χ2n) is 4.07. The minimum Gasteiger partial charge on any atom is -0.390 e. The van der Waals surface area contributed by atoms with E-state index in [1.54, 1.807) is 13.8 Å². The smallest absolute Gasteiger partial charge is 0.0657 e. The van der Waals surface area contributed by atoms with Crippen LogP contribution in [0.1, 0.15) is 34.6 Å². The minimum atomic E-state index is -0.707. The molecular formula is C8H19NO. The molecule has 0 aliphatic rings. The van der Waals surface area contributed by atoms with Gasteiger partial charge in [-0.15, -0.1) is 0 Å². The van der Waals surface area contributed by atoms with Crippen molar-refractivity contribution in [3.8, 4) is 0 Å². The molecule has 0 fully saturated rings. The zero-order chi connectivity index (χ0) is 8.58. The zero-order valence-corrected chi connectivity index (χ0v) is 7.60. The van der Waals surface area contributed by atoms with E-state index in [1.165, 1.54) is 0 Å². The minimum absolute atomic E-state index is 0.00694. The predicted molar refractivity (Wildman–Crippen MR) is 43.7 cm³/mol. The summed E-state index contributed by atoms with van der Waals surface area (Å²) < 4.78 is 0. The highest BCUT2D eigenvalue weighted by molar-refractivity contribution is 4.91. The third-order valence-electron chi connectivity index (χ3n) is 2.72. The number of rotatable bonds is 2. The number of hydrogen-bond donors (Lipinski definition) is 2. The Hall–Kier alpha value is -0.0800. The third kappa shape index (κ3) is 1.70. The monoisotopic (exact) mass is 145 g/mol. The molecule has 0 aromatic rings. The first-order valence-corrected chi connectivity index (χ1v) is 3.67. The topological polar surface area (TPSA) is 46.2 Å². The van der Waals surface area contributed by atoms with E-state index in [-0.39, 0.29) is 11.5 Å². The van der Waals surface area contributed by atoms with Crippen LogP contribution in [0.2, 0.25) is 0 Å². The molecule has 62 valence electrons. The molecule has 0 rings (SSSR count). The lowest BCUT2D eigenvalue weighted by Gasteiger charge is -2.40. The summed E-state index contributed by atoms with van der Waals surface area (Å²) in [6.45, 7) is 9.43. The molecule has 3 N–H and O–H groups in total. The highest BCUT2D eigenvalue weighted by atomic mass is 16.3. The molecular weight excluding hydrogens is 126 g/mol. The fourth-order valence-corrected chi connectivity index (χ4v) is 0.557. The van der Waals surface area contributed by atoms with Gasteiger partial charge in [0.2, 0.25) is 0 Å². The van der Waals surface area contributed by atoms with Gasteiger partial charge in [-0.2, -0.15) is 0 Å². The van der Waals surface area contributed by atoms with Crippen molar-refractivity contribution < 1.29 is 5.11 Å². The highest BCUT2D eigenvalue weighted by Gasteiger charge is 2.37. The van der Waals surface area contributed by atoms with Gasteiger partial charge in [-0.25, -0.2) is 0 Å². The van der Waals surface area contributed by atoms with Crippen LogP contribution in [-0.2, 0) is 0 Å². The molecule has 0 saturated carbocycles. The third-order valence-corrected chi connectivity index (χ3v) is 2.72. The van der Waals surface area contributed by atoms with Crippen molar-refractivity contribution in [1.29, 1.82) is 0 Å². The molecule has 10 heavy (non-hydrogen) atoms. The van der Waals surface area contributed by atoms with Crippen molar-refractivity contribution in [3.63, 3.8) is 0 Å². The summed E-state index contributed by atoms with van der Waals surface area (Å²) in [4.78, 5) is 0. The Balaban J connectivity index is 4.40. The van der Waals surface area contributed by atoms with Gasteiger partial charge in [0.25, 0.3) is 0 Å². The van der Waals surface area contributed by atoms with Gasteiger partial charge in [0.1, 0.15) is 0 Å². The normalized spacial score (nSPS) is 17.1. The van der Waals surface area contributed by atoms with Crippen molar-refractivity contribution in [1.82, 2.24) is 0 Å². The summed E-state index contributed by atoms with van der Waals surface area (Å²) in [6, 6.07) is 0.00694. The molecule has 0 aromatic carbocycles. The van der Waals surface area contributed by atoms with Crippen molar-refractivity contribution in [2.45, 2.75) is 46.3 Å². The first-order chi connectivity index (χ1) is 4.19. The first-order valence-electron chi connectivity index (χ1n) is 3.67. The Bertz CT molecular complexity index is 111. The fourth-order valence-electron chi connectivity index (χ4n) is 0.557. The molecule has 0 amide bonds. The molecule has 1 unspecified atom stereocenters. The Morgan fingerprint density at radius 3 is 1.50 bits per heavy atom. The lowest BCUT2D eigenvalue weighted by atomic mass is 9.72. The Labute approximate surface area is 63.4 Å². The molecule has 0 saturated heterocycles. The van der Waals surface area contributed by atoms with Crippen LogP contribution in [0.5, 0.6) is 0 Å². The standard InChI is InChI=1S/C8H19NO/c1-6(9)7(2,3)8(4,5)10/h6,10H,9H2,1-5H3. The lowest BCUT2D eigenvalue weighted by Crippen LogP contribution is -2.49. The van der Waals surface area contributed by atoms with Gasteiger partial charge in [0.15, 0.2) is 0 Å². The summed E-state index contributed by atoms with van der Waals surface area (Å²) >= 11 is 0. The van der Waals surface area contributed by atoms with Gasteiger partial charge in [-0.3, -0.25) is 0 Å². The van der Waals surface area contributed by atoms with Gasteiger partial charge >= 0.3 is 0 Å². The van der Waals surface area contributed by atoms with Crippen LogP contribution in [0.25, 0.3) is 0 Å². The molecule has 0 aliphatic heterocycles. The van der Waals surface area contributed by atoms with Crippen LogP contribution in [-0.4, -0.2) is 16.7 Å². The van der Waals surface area contributed by atoms with E-state index in [4.69, 9.17) is 5.73 Å². The second kappa shape index (κ2) is 2.51. The molecule has 2 nitrogen and oxygen atoms in total. The average molecular weight is 145 g/mol. The Kier molecular flexibility index (Phi) is 2.49. The van der Waals surface area contributed by atoms with E-state index in [2.05, 4.69) is 0 Å². The van der Waals surface area contributed by atoms with E-state index in [1.807, 2.05) is 20.8 Å². The SMILES string of the molecule is CC(N)C(C)(C)C(C)(C)O. The molecule has 0 spiro atoms. The second-order valence-corrected chi connectivity index (χ2v) is 4.07. The zero-order valence-electron chi connectivity index (χ0n) is 7.60. The van der Waals surface area contributed by atoms with Gasteiger partial charge in [-0.1, -0.05) is 13.8 Å². The first kappa shape index (κ1) is 9.92. The van der Waals surface area contributed by atoms with Crippen LogP contribution in [0, 0.1) is 5.41 Å². The number of aliphatic hydroxyl groups is 1. The van der Waals surface area contributed by atoms with E-state index in [0.717, 1.165) is 0 Å². The van der Waals surface area contributed by atoms with E-state index in [0.29, 0.717) is 0 Å². The van der Waals surface area contributed by atoms with Crippen LogP contribution in [0.4, 0.5) is 0 Å². The number of nitrogens with two attached hydrogens (primary N) is 1. The van der Waals surface area contributed by atoms with Gasteiger partial charge in [0, 0.05) is 11.5 Å². The quantitative estimate of drug-likeness (QED) is 0.612. The fraction of sp³-hybridized carbons (Fsp3) is 1.00. The molecule has 0 aromatic heterocycles. The highest BCUT2D eigenvalue weighted by Crippen LogP contribution is 2.32. The lowest BCUT2D eigenvalue weighted by molar-refractivity contribution is -0.0456. The molecule has 0 heterocycles. The summed E-state index contributed by atoms with van der Waals surface area (Å²) in [5.74, 6) is 0. The summed E-state index contributed by atoms with van der Waals surface area (Å²) in [7, 11) is 0. The van der Waals surface area contributed by atoms with Gasteiger partial charge < -0.3 is 10.8 Å². The van der Waals surface area contributed by atoms with Crippen LogP contribution in [0.15, 0.2) is 0 Å². The largest absolute Gasteiger partial charge is 0.390 e. The van der Waals surface area contributed by atoms with Crippen LogP contribution in [0.3, 0.4) is 0 Å². The van der Waals surface area contributed by atoms with Crippen LogP contribution >= 0.6 is 0 Å². The molecule has 0 bridgehead atoms. The Morgan fingerprint density at radius 2 is 1.50 bits per heavy atom. The predicted octanol–water partition coefficient (Wildman–Crippen LogP) is 1.13. The van der Waals surface area contributed by atoms with E-state index >= 15 is 0 Å². The van der Waals surface area contributed by atoms with E-state index in [9.17, 15) is 5.11 Å². The van der Waals surface area contributed by atoms with Crippen LogP contribution < -0.4 is 5.73 Å². The van der Waals surface area contributed by atoms with Crippen molar-refractivity contribution >= 4 is 0 Å². The maximum Gasteiger partial charge on any atom is 0.0657 e. The molecule has 2 heteroatoms. The summed E-state index contributed by atoms with van der Waals surface area (Å²) in [6.07, 6.45) is 0. The summed E-state index contributed by atoms with van der Waals surface area (Å²) in [5, 5.41) is 9.64. The molecule has 0 radical (unpaired) electrons. The van der Waals surface area contributed by atoms with Gasteiger partial charge in [0.05, 0.1) is 5.60 Å². The maximum absolute atomic E-state index is 9.64. The van der Waals surface area contributed by atoms with Crippen molar-refractivity contribution in [2.75, 3.05) is 0 Å². The molecule has 0 aliphatic carbocycles. The van der Waals surface area contributed by atoms with Crippen molar-refractivity contribution in [3.05, 3.63) is 0 Å². The Morgan fingerprint density at radius 1 is 1.20 bits per heavy atom. The van der Waals surface area contributed by atoms with E-state index < -0.39 is 5.60 Å². The maximum atomic E-state index is 9.64. The van der Waals surface area contributed by atoms with Crippen molar-refractivity contribution in [2.24, 2.45) is 11.1 Å². The number of hydrogen-bond acceptors (Lipinski definition) is 2.